The number of nitrogens with one attached hydrogen (secondary N) is 1. The fourth-order valence-electron chi connectivity index (χ4n) is 2.43. The Labute approximate surface area is 129 Å². The van der Waals surface area contributed by atoms with E-state index in [0.717, 1.165) is 11.5 Å². The first-order valence-electron chi connectivity index (χ1n) is 7.62. The number of likely N-dealkylation sites (N-methyl/N-ethyl adjacent to an activating group) is 2. The van der Waals surface area contributed by atoms with E-state index < -0.39 is 0 Å². The molecule has 0 fully saturated rings. The Morgan fingerprint density at radius 1 is 1.10 bits per heavy atom. The molecule has 1 aromatic carbocycles. The summed E-state index contributed by atoms with van der Waals surface area (Å²) in [6.45, 7) is 9.69. The van der Waals surface area contributed by atoms with Crippen molar-refractivity contribution < 1.29 is 9.47 Å². The lowest BCUT2D eigenvalue weighted by molar-refractivity contribution is 0.142. The topological polar surface area (TPSA) is 33.7 Å². The van der Waals surface area contributed by atoms with Crippen LogP contribution in [-0.2, 0) is 0 Å². The zero-order valence-corrected chi connectivity index (χ0v) is 14.5. The average molecular weight is 294 g/mol. The zero-order chi connectivity index (χ0) is 16.0. The van der Waals surface area contributed by atoms with Gasteiger partial charge in [0.1, 0.15) is 0 Å². The molecular formula is C17H30N2O2. The molecule has 1 aromatic rings. The lowest BCUT2D eigenvalue weighted by atomic mass is 9.87. The molecule has 0 amide bonds. The van der Waals surface area contributed by atoms with Gasteiger partial charge in [0.2, 0.25) is 0 Å². The van der Waals surface area contributed by atoms with Crippen molar-refractivity contribution in [2.45, 2.75) is 39.3 Å². The summed E-state index contributed by atoms with van der Waals surface area (Å²) in [5, 5.41) is 3.42. The smallest absolute Gasteiger partial charge is 0.161 e. The largest absolute Gasteiger partial charge is 0.490 e. The Bertz CT molecular complexity index is 444. The molecule has 0 aliphatic rings. The van der Waals surface area contributed by atoms with E-state index in [1.165, 1.54) is 5.56 Å². The van der Waals surface area contributed by atoms with Crippen molar-refractivity contribution in [3.05, 3.63) is 23.8 Å². The van der Waals surface area contributed by atoms with Crippen molar-refractivity contribution >= 4 is 0 Å². The van der Waals surface area contributed by atoms with E-state index in [1.807, 2.05) is 27.0 Å². The van der Waals surface area contributed by atoms with Crippen molar-refractivity contribution in [2.75, 3.05) is 34.4 Å². The van der Waals surface area contributed by atoms with Gasteiger partial charge < -0.3 is 19.7 Å². The Morgan fingerprint density at radius 2 is 1.67 bits per heavy atom. The molecule has 4 nitrogen and oxygen atoms in total. The number of hydrogen-bond donors (Lipinski definition) is 1. The van der Waals surface area contributed by atoms with Crippen LogP contribution in [0, 0.1) is 0 Å². The molecule has 0 saturated carbocycles. The number of hydrogen-bond acceptors (Lipinski definition) is 4. The Balaban J connectivity index is 3.19. The predicted molar refractivity (Wildman–Crippen MR) is 88.3 cm³/mol. The molecule has 0 bridgehead atoms. The first kappa shape index (κ1) is 17.8. The molecule has 0 saturated heterocycles. The highest BCUT2D eigenvalue weighted by atomic mass is 16.5. The van der Waals surface area contributed by atoms with Gasteiger partial charge >= 0.3 is 0 Å². The van der Waals surface area contributed by atoms with E-state index in [9.17, 15) is 0 Å². The maximum absolute atomic E-state index is 5.73. The molecule has 1 rings (SSSR count). The Kier molecular flexibility index (Phi) is 6.49. The van der Waals surface area contributed by atoms with Gasteiger partial charge in [-0.15, -0.1) is 0 Å². The Morgan fingerprint density at radius 3 is 2.14 bits per heavy atom. The number of rotatable bonds is 8. The summed E-state index contributed by atoms with van der Waals surface area (Å²) in [6.07, 6.45) is 0. The lowest BCUT2D eigenvalue weighted by Gasteiger charge is -2.40. The van der Waals surface area contributed by atoms with Gasteiger partial charge in [0.25, 0.3) is 0 Å². The van der Waals surface area contributed by atoms with Crippen LogP contribution < -0.4 is 14.8 Å². The standard InChI is InChI=1S/C17H30N2O2/c1-8-20-14-11-10-13(12-15(14)21-9-2)16(18-5)17(3,4)19(6)7/h10-12,16,18H,8-9H2,1-7H3. The van der Waals surface area contributed by atoms with E-state index >= 15 is 0 Å². The molecule has 4 heteroatoms. The fraction of sp³-hybridized carbons (Fsp3) is 0.647. The molecule has 1 N–H and O–H groups in total. The summed E-state index contributed by atoms with van der Waals surface area (Å²) in [5.74, 6) is 1.62. The molecule has 0 aliphatic heterocycles. The van der Waals surface area contributed by atoms with Crippen LogP contribution in [0.5, 0.6) is 11.5 Å². The van der Waals surface area contributed by atoms with Crippen molar-refractivity contribution in [3.63, 3.8) is 0 Å². The molecule has 21 heavy (non-hydrogen) atoms. The summed E-state index contributed by atoms with van der Waals surface area (Å²) < 4.78 is 11.4. The van der Waals surface area contributed by atoms with E-state index in [0.29, 0.717) is 13.2 Å². The van der Waals surface area contributed by atoms with Gasteiger partial charge in [-0.25, -0.2) is 0 Å². The lowest BCUT2D eigenvalue weighted by Crippen LogP contribution is -2.48. The van der Waals surface area contributed by atoms with Crippen LogP contribution >= 0.6 is 0 Å². The summed E-state index contributed by atoms with van der Waals surface area (Å²) in [4.78, 5) is 2.23. The highest BCUT2D eigenvalue weighted by Gasteiger charge is 2.32. The molecule has 1 atom stereocenters. The minimum absolute atomic E-state index is 0.0225. The van der Waals surface area contributed by atoms with Gasteiger partial charge in [0.05, 0.1) is 19.3 Å². The van der Waals surface area contributed by atoms with Crippen LogP contribution in [0.1, 0.15) is 39.3 Å². The molecular weight excluding hydrogens is 264 g/mol. The first-order valence-corrected chi connectivity index (χ1v) is 7.62. The minimum Gasteiger partial charge on any atom is -0.490 e. The van der Waals surface area contributed by atoms with E-state index in [1.54, 1.807) is 0 Å². The van der Waals surface area contributed by atoms with Crippen molar-refractivity contribution in [2.24, 2.45) is 0 Å². The van der Waals surface area contributed by atoms with Crippen LogP contribution in [0.25, 0.3) is 0 Å². The number of nitrogens with zero attached hydrogens (tertiary/aromatic N) is 1. The molecule has 120 valence electrons. The summed E-state index contributed by atoms with van der Waals surface area (Å²) in [7, 11) is 6.19. The maximum Gasteiger partial charge on any atom is 0.161 e. The fourth-order valence-corrected chi connectivity index (χ4v) is 2.43. The second-order valence-electron chi connectivity index (χ2n) is 5.84. The van der Waals surface area contributed by atoms with Crippen LogP contribution in [0.2, 0.25) is 0 Å². The normalized spacial score (nSPS) is 13.3. The van der Waals surface area contributed by atoms with Crippen LogP contribution in [0.4, 0.5) is 0 Å². The molecule has 1 unspecified atom stereocenters. The van der Waals surface area contributed by atoms with E-state index in [-0.39, 0.29) is 11.6 Å². The first-order chi connectivity index (χ1) is 9.88. The second-order valence-corrected chi connectivity index (χ2v) is 5.84. The van der Waals surface area contributed by atoms with Gasteiger partial charge in [0, 0.05) is 5.54 Å². The van der Waals surface area contributed by atoms with Crippen molar-refractivity contribution in [1.29, 1.82) is 0 Å². The summed E-state index contributed by atoms with van der Waals surface area (Å²) in [5.41, 5.74) is 1.17. The highest BCUT2D eigenvalue weighted by Crippen LogP contribution is 2.35. The number of ether oxygens (including phenoxy) is 2. The van der Waals surface area contributed by atoms with Crippen molar-refractivity contribution in [3.8, 4) is 11.5 Å². The molecule has 0 heterocycles. The zero-order valence-electron chi connectivity index (χ0n) is 14.5. The monoisotopic (exact) mass is 294 g/mol. The van der Waals surface area contributed by atoms with Gasteiger partial charge in [-0.3, -0.25) is 0 Å². The minimum atomic E-state index is -0.0225. The quantitative estimate of drug-likeness (QED) is 0.799. The van der Waals surface area contributed by atoms with Gasteiger partial charge in [-0.1, -0.05) is 6.07 Å². The Hall–Kier alpha value is -1.26. The van der Waals surface area contributed by atoms with Gasteiger partial charge in [0.15, 0.2) is 11.5 Å². The second kappa shape index (κ2) is 7.66. The van der Waals surface area contributed by atoms with Crippen molar-refractivity contribution in [1.82, 2.24) is 10.2 Å². The third kappa shape index (κ3) is 4.11. The van der Waals surface area contributed by atoms with E-state index in [4.69, 9.17) is 9.47 Å². The molecule has 0 aromatic heterocycles. The number of benzene rings is 1. The SMILES string of the molecule is CCOc1ccc(C(NC)C(C)(C)N(C)C)cc1OCC. The highest BCUT2D eigenvalue weighted by molar-refractivity contribution is 5.44. The van der Waals surface area contributed by atoms with Gasteiger partial charge in [-0.2, -0.15) is 0 Å². The van der Waals surface area contributed by atoms with Gasteiger partial charge in [-0.05, 0) is 66.5 Å². The molecule has 0 spiro atoms. The van der Waals surface area contributed by atoms with E-state index in [2.05, 4.69) is 50.3 Å². The van der Waals surface area contributed by atoms with Crippen LogP contribution in [-0.4, -0.2) is 44.8 Å². The third-order valence-corrected chi connectivity index (χ3v) is 4.05. The third-order valence-electron chi connectivity index (χ3n) is 4.05. The maximum atomic E-state index is 5.73. The predicted octanol–water partition coefficient (Wildman–Crippen LogP) is 3.08. The van der Waals surface area contributed by atoms with Crippen LogP contribution in [0.3, 0.4) is 0 Å². The molecule has 0 radical (unpaired) electrons. The summed E-state index contributed by atoms with van der Waals surface area (Å²) in [6, 6.07) is 6.39. The molecule has 0 aliphatic carbocycles. The summed E-state index contributed by atoms with van der Waals surface area (Å²) >= 11 is 0. The van der Waals surface area contributed by atoms with Crippen LogP contribution in [0.15, 0.2) is 18.2 Å². The average Bonchev–Trinajstić information content (AvgIpc) is 2.42.